The fourth-order valence-corrected chi connectivity index (χ4v) is 4.98. The minimum absolute atomic E-state index is 0.0376. The third-order valence-electron chi connectivity index (χ3n) is 7.23. The number of hydrogen-bond acceptors (Lipinski definition) is 5. The second-order valence-corrected chi connectivity index (χ2v) is 9.83. The maximum Gasteiger partial charge on any atom is 0.272 e. The zero-order valence-corrected chi connectivity index (χ0v) is 22.5. The first-order valence-electron chi connectivity index (χ1n) is 13.5. The van der Waals surface area contributed by atoms with Gasteiger partial charge in [-0.3, -0.25) is 9.69 Å². The van der Waals surface area contributed by atoms with Crippen LogP contribution in [-0.4, -0.2) is 70.1 Å². The SMILES string of the molecule is COc1ccc(-c2cc(C(=O)N3CCN(C/C=C/c4ccccc4)CC3)n3nc(-c4ccccc4)cc3n2)cc1. The largest absolute Gasteiger partial charge is 0.497 e. The number of rotatable bonds is 7. The van der Waals surface area contributed by atoms with E-state index in [0.717, 1.165) is 47.9 Å². The first-order chi connectivity index (χ1) is 19.7. The highest BCUT2D eigenvalue weighted by molar-refractivity contribution is 5.94. The summed E-state index contributed by atoms with van der Waals surface area (Å²) in [6.07, 6.45) is 4.34. The number of carbonyl (C=O) groups is 1. The quantitative estimate of drug-likeness (QED) is 0.277. The van der Waals surface area contributed by atoms with Crippen LogP contribution in [-0.2, 0) is 0 Å². The third-order valence-corrected chi connectivity index (χ3v) is 7.23. The van der Waals surface area contributed by atoms with Gasteiger partial charge in [-0.15, -0.1) is 0 Å². The van der Waals surface area contributed by atoms with Gasteiger partial charge in [-0.05, 0) is 35.9 Å². The van der Waals surface area contributed by atoms with E-state index in [-0.39, 0.29) is 5.91 Å². The van der Waals surface area contributed by atoms with E-state index in [2.05, 4.69) is 29.2 Å². The summed E-state index contributed by atoms with van der Waals surface area (Å²) >= 11 is 0. The molecule has 7 nitrogen and oxygen atoms in total. The second-order valence-electron chi connectivity index (χ2n) is 9.83. The molecule has 200 valence electrons. The van der Waals surface area contributed by atoms with Gasteiger partial charge >= 0.3 is 0 Å². The van der Waals surface area contributed by atoms with Crippen molar-refractivity contribution < 1.29 is 9.53 Å². The Morgan fingerprint density at radius 2 is 1.50 bits per heavy atom. The fourth-order valence-electron chi connectivity index (χ4n) is 4.98. The number of carbonyl (C=O) groups excluding carboxylic acids is 1. The van der Waals surface area contributed by atoms with Crippen molar-refractivity contribution in [3.05, 3.63) is 114 Å². The highest BCUT2D eigenvalue weighted by atomic mass is 16.5. The third kappa shape index (κ3) is 5.51. The molecule has 0 saturated carbocycles. The lowest BCUT2D eigenvalue weighted by Crippen LogP contribution is -2.49. The summed E-state index contributed by atoms with van der Waals surface area (Å²) in [5.41, 5.74) is 5.74. The number of benzene rings is 3. The van der Waals surface area contributed by atoms with Crippen molar-refractivity contribution >= 4 is 17.6 Å². The molecule has 1 saturated heterocycles. The smallest absolute Gasteiger partial charge is 0.272 e. The van der Waals surface area contributed by atoms with Crippen molar-refractivity contribution in [2.45, 2.75) is 0 Å². The molecule has 5 aromatic rings. The van der Waals surface area contributed by atoms with E-state index >= 15 is 0 Å². The monoisotopic (exact) mass is 529 g/mol. The normalized spacial score (nSPS) is 14.2. The van der Waals surface area contributed by atoms with Gasteiger partial charge in [0, 0.05) is 49.9 Å². The van der Waals surface area contributed by atoms with Crippen LogP contribution >= 0.6 is 0 Å². The molecule has 0 bridgehead atoms. The van der Waals surface area contributed by atoms with Gasteiger partial charge in [0.25, 0.3) is 5.91 Å². The molecule has 1 aliphatic heterocycles. The maximum atomic E-state index is 13.9. The second kappa shape index (κ2) is 11.6. The summed E-state index contributed by atoms with van der Waals surface area (Å²) < 4.78 is 7.01. The lowest BCUT2D eigenvalue weighted by molar-refractivity contribution is 0.0641. The van der Waals surface area contributed by atoms with Crippen molar-refractivity contribution in [2.24, 2.45) is 0 Å². The topological polar surface area (TPSA) is 63.0 Å². The summed E-state index contributed by atoms with van der Waals surface area (Å²) in [6.45, 7) is 3.81. The van der Waals surface area contributed by atoms with Gasteiger partial charge < -0.3 is 9.64 Å². The van der Waals surface area contributed by atoms with Crippen LogP contribution in [0, 0.1) is 0 Å². The zero-order chi connectivity index (χ0) is 27.3. The molecular weight excluding hydrogens is 498 g/mol. The average molecular weight is 530 g/mol. The molecule has 1 fully saturated rings. The molecule has 3 aromatic carbocycles. The molecular formula is C33H31N5O2. The molecule has 3 heterocycles. The lowest BCUT2D eigenvalue weighted by Gasteiger charge is -2.34. The average Bonchev–Trinajstić information content (AvgIpc) is 3.46. The van der Waals surface area contributed by atoms with Crippen molar-refractivity contribution in [1.82, 2.24) is 24.4 Å². The Bertz CT molecular complexity index is 1620. The molecule has 1 amide bonds. The summed E-state index contributed by atoms with van der Waals surface area (Å²) in [4.78, 5) is 23.1. The molecule has 0 radical (unpaired) electrons. The van der Waals surface area contributed by atoms with E-state index in [4.69, 9.17) is 14.8 Å². The zero-order valence-electron chi connectivity index (χ0n) is 22.5. The number of ether oxygens (including phenoxy) is 1. The minimum atomic E-state index is -0.0376. The summed E-state index contributed by atoms with van der Waals surface area (Å²) in [7, 11) is 1.65. The number of amides is 1. The van der Waals surface area contributed by atoms with E-state index in [0.29, 0.717) is 24.4 Å². The molecule has 1 aliphatic rings. The standard InChI is InChI=1S/C33H31N5O2/c1-40-28-16-14-27(15-17-28)29-23-31(38-32(34-29)24-30(35-38)26-12-6-3-7-13-26)33(39)37-21-19-36(20-22-37)18-8-11-25-9-4-2-5-10-25/h2-17,23-24H,18-22H2,1H3/b11-8+. The van der Waals surface area contributed by atoms with Crippen molar-refractivity contribution in [2.75, 3.05) is 39.8 Å². The van der Waals surface area contributed by atoms with Crippen LogP contribution in [0.3, 0.4) is 0 Å². The summed E-state index contributed by atoms with van der Waals surface area (Å²) in [6, 6.07) is 31.8. The van der Waals surface area contributed by atoms with Crippen LogP contribution in [0.1, 0.15) is 16.1 Å². The first-order valence-corrected chi connectivity index (χ1v) is 13.5. The molecule has 2 aromatic heterocycles. The predicted octanol–water partition coefficient (Wildman–Crippen LogP) is 5.54. The predicted molar refractivity (Wildman–Crippen MR) is 158 cm³/mol. The van der Waals surface area contributed by atoms with Crippen LogP contribution in [0.2, 0.25) is 0 Å². The van der Waals surface area contributed by atoms with Gasteiger partial charge in [0.05, 0.1) is 18.5 Å². The van der Waals surface area contributed by atoms with Crippen LogP contribution < -0.4 is 4.74 Å². The van der Waals surface area contributed by atoms with Crippen LogP contribution in [0.25, 0.3) is 34.2 Å². The van der Waals surface area contributed by atoms with Crippen LogP contribution in [0.4, 0.5) is 0 Å². The fraction of sp³-hybridized carbons (Fsp3) is 0.182. The van der Waals surface area contributed by atoms with E-state index < -0.39 is 0 Å². The number of fused-ring (bicyclic) bond motifs is 1. The molecule has 0 atom stereocenters. The number of aromatic nitrogens is 3. The Morgan fingerprint density at radius 1 is 0.825 bits per heavy atom. The molecule has 0 unspecified atom stereocenters. The van der Waals surface area contributed by atoms with Gasteiger partial charge in [0.15, 0.2) is 5.65 Å². The van der Waals surface area contributed by atoms with Crippen LogP contribution in [0.5, 0.6) is 5.75 Å². The number of nitrogens with zero attached hydrogens (tertiary/aromatic N) is 5. The maximum absolute atomic E-state index is 13.9. The molecule has 7 heteroatoms. The Labute approximate surface area is 234 Å². The van der Waals surface area contributed by atoms with Crippen LogP contribution in [0.15, 0.2) is 103 Å². The van der Waals surface area contributed by atoms with Crippen molar-refractivity contribution in [3.8, 4) is 28.3 Å². The van der Waals surface area contributed by atoms with Crippen molar-refractivity contribution in [1.29, 1.82) is 0 Å². The number of piperazine rings is 1. The first kappa shape index (κ1) is 25.5. The van der Waals surface area contributed by atoms with E-state index in [1.807, 2.05) is 89.8 Å². The molecule has 40 heavy (non-hydrogen) atoms. The van der Waals surface area contributed by atoms with Gasteiger partial charge in [0.2, 0.25) is 0 Å². The Kier molecular flexibility index (Phi) is 7.37. The summed E-state index contributed by atoms with van der Waals surface area (Å²) in [5.74, 6) is 0.734. The summed E-state index contributed by atoms with van der Waals surface area (Å²) in [5, 5.41) is 4.81. The van der Waals surface area contributed by atoms with E-state index in [1.165, 1.54) is 5.56 Å². The molecule has 0 N–H and O–H groups in total. The Hall–Kier alpha value is -4.75. The van der Waals surface area contributed by atoms with E-state index in [9.17, 15) is 4.79 Å². The minimum Gasteiger partial charge on any atom is -0.497 e. The lowest BCUT2D eigenvalue weighted by atomic mass is 10.1. The Morgan fingerprint density at radius 3 is 2.20 bits per heavy atom. The highest BCUT2D eigenvalue weighted by Crippen LogP contribution is 2.26. The Balaban J connectivity index is 1.26. The van der Waals surface area contributed by atoms with E-state index in [1.54, 1.807) is 11.6 Å². The molecule has 0 aliphatic carbocycles. The van der Waals surface area contributed by atoms with Gasteiger partial charge in [-0.1, -0.05) is 72.8 Å². The van der Waals surface area contributed by atoms with Gasteiger partial charge in [-0.25, -0.2) is 9.50 Å². The highest BCUT2D eigenvalue weighted by Gasteiger charge is 2.25. The number of methoxy groups -OCH3 is 1. The van der Waals surface area contributed by atoms with Crippen molar-refractivity contribution in [3.63, 3.8) is 0 Å². The van der Waals surface area contributed by atoms with Gasteiger partial charge in [0.1, 0.15) is 11.4 Å². The molecule has 0 spiro atoms. The molecule has 6 rings (SSSR count). The van der Waals surface area contributed by atoms with Gasteiger partial charge in [-0.2, -0.15) is 5.10 Å². The number of hydrogen-bond donors (Lipinski definition) is 0.